The Kier molecular flexibility index (Phi) is 3.08. The molecule has 1 N–H and O–H groups in total. The molecular weight excluding hydrogens is 197 g/mol. The summed E-state index contributed by atoms with van der Waals surface area (Å²) in [5.74, 6) is -1.28. The van der Waals surface area contributed by atoms with Gasteiger partial charge in [-0.1, -0.05) is 0 Å². The molecular formula is C6H10NO5P-2. The van der Waals surface area contributed by atoms with Crippen LogP contribution in [0.25, 0.3) is 0 Å². The van der Waals surface area contributed by atoms with Crippen molar-refractivity contribution in [2.45, 2.75) is 18.9 Å². The maximum absolute atomic E-state index is 10.5. The lowest BCUT2D eigenvalue weighted by atomic mass is 10.2. The highest BCUT2D eigenvalue weighted by Crippen LogP contribution is 2.19. The molecule has 76 valence electrons. The highest BCUT2D eigenvalue weighted by molar-refractivity contribution is 7.48. The number of aliphatic carboxylic acids is 1. The van der Waals surface area contributed by atoms with Gasteiger partial charge in [-0.15, -0.1) is 0 Å². The summed E-state index contributed by atoms with van der Waals surface area (Å²) in [6, 6.07) is -0.837. The number of hydrogen-bond acceptors (Lipinski definition) is 5. The van der Waals surface area contributed by atoms with E-state index in [2.05, 4.69) is 0 Å². The van der Waals surface area contributed by atoms with Gasteiger partial charge in [0.05, 0.1) is 12.5 Å². The summed E-state index contributed by atoms with van der Waals surface area (Å²) < 4.78 is 10.4. The van der Waals surface area contributed by atoms with Gasteiger partial charge < -0.3 is 29.2 Å². The molecule has 0 aliphatic carbocycles. The molecule has 0 spiro atoms. The van der Waals surface area contributed by atoms with Crippen LogP contribution < -0.4 is 19.8 Å². The topological polar surface area (TPSA) is 108 Å². The van der Waals surface area contributed by atoms with Crippen LogP contribution in [0.1, 0.15) is 12.8 Å². The fourth-order valence-corrected chi connectivity index (χ4v) is 2.51. The maximum Gasteiger partial charge on any atom is 0.128 e. The Morgan fingerprint density at radius 1 is 1.54 bits per heavy atom. The van der Waals surface area contributed by atoms with E-state index in [1.165, 1.54) is 0 Å². The number of carboxylic acid groups (broad SMARTS) is 1. The standard InChI is InChI=1S/C6H12NO5P/c8-6(9)5-2-1-3-7(5)4-13(10,11)12/h5H,1-4H2,(H,8,9)(H2,10,11,12)/p-2/t5-/m1/s1. The lowest BCUT2D eigenvalue weighted by Gasteiger charge is -2.33. The molecule has 0 bridgehead atoms. The van der Waals surface area contributed by atoms with Crippen molar-refractivity contribution in [3.05, 3.63) is 0 Å². The van der Waals surface area contributed by atoms with Gasteiger partial charge in [-0.3, -0.25) is 0 Å². The molecule has 1 heterocycles. The fraction of sp³-hybridized carbons (Fsp3) is 0.833. The highest BCUT2D eigenvalue weighted by atomic mass is 31.2. The second-order valence-corrected chi connectivity index (χ2v) is 4.73. The molecule has 6 nitrogen and oxygen atoms in total. The number of carbonyl (C=O) groups excluding carboxylic acids is 1. The molecule has 1 saturated heterocycles. The first-order valence-corrected chi connectivity index (χ1v) is 5.69. The quantitative estimate of drug-likeness (QED) is 0.470. The predicted octanol–water partition coefficient (Wildman–Crippen LogP) is -4.35. The number of rotatable bonds is 3. The number of likely N-dealkylation sites (tertiary alicyclic amines) is 1. The minimum Gasteiger partial charge on any atom is -0.807 e. The molecule has 1 aliphatic heterocycles. The van der Waals surface area contributed by atoms with Crippen LogP contribution >= 0.6 is 7.60 Å². The van der Waals surface area contributed by atoms with Gasteiger partial charge >= 0.3 is 0 Å². The number of quaternary nitrogens is 1. The predicted molar refractivity (Wildman–Crippen MR) is 36.3 cm³/mol. The largest absolute Gasteiger partial charge is 0.807 e. The zero-order valence-corrected chi connectivity index (χ0v) is 7.79. The van der Waals surface area contributed by atoms with Crippen LogP contribution in [0.2, 0.25) is 0 Å². The maximum atomic E-state index is 10.5. The van der Waals surface area contributed by atoms with Crippen LogP contribution in [-0.2, 0) is 9.36 Å². The molecule has 0 amide bonds. The van der Waals surface area contributed by atoms with Gasteiger partial charge in [0.2, 0.25) is 0 Å². The minimum absolute atomic E-state index is 0.299. The molecule has 13 heavy (non-hydrogen) atoms. The van der Waals surface area contributed by atoms with Gasteiger partial charge in [-0.05, 0) is 7.60 Å². The molecule has 1 rings (SSSR count). The van der Waals surface area contributed by atoms with Crippen molar-refractivity contribution in [1.29, 1.82) is 0 Å². The average Bonchev–Trinajstić information content (AvgIpc) is 2.31. The van der Waals surface area contributed by atoms with Crippen molar-refractivity contribution in [3.8, 4) is 0 Å². The molecule has 0 aromatic heterocycles. The zero-order chi connectivity index (χ0) is 10.1. The average molecular weight is 207 g/mol. The van der Waals surface area contributed by atoms with Crippen molar-refractivity contribution in [3.63, 3.8) is 0 Å². The molecule has 7 heteroatoms. The van der Waals surface area contributed by atoms with Gasteiger partial charge in [0, 0.05) is 12.8 Å². The van der Waals surface area contributed by atoms with E-state index in [0.717, 1.165) is 0 Å². The molecule has 0 radical (unpaired) electrons. The Bertz CT molecular complexity index is 249. The number of hydrogen-bond donors (Lipinski definition) is 1. The molecule has 1 aliphatic rings. The fourth-order valence-electron chi connectivity index (χ4n) is 1.63. The highest BCUT2D eigenvalue weighted by Gasteiger charge is 2.29. The summed E-state index contributed by atoms with van der Waals surface area (Å²) in [5, 5.41) is 10.5. The van der Waals surface area contributed by atoms with Gasteiger partial charge in [0.15, 0.2) is 0 Å². The van der Waals surface area contributed by atoms with E-state index < -0.39 is 25.9 Å². The second kappa shape index (κ2) is 3.75. The zero-order valence-electron chi connectivity index (χ0n) is 6.89. The lowest BCUT2D eigenvalue weighted by molar-refractivity contribution is -0.897. The van der Waals surface area contributed by atoms with Crippen molar-refractivity contribution in [2.75, 3.05) is 12.8 Å². The molecule has 0 aromatic rings. The van der Waals surface area contributed by atoms with Gasteiger partial charge in [0.1, 0.15) is 12.3 Å². The van der Waals surface area contributed by atoms with E-state index in [-0.39, 0.29) is 0 Å². The summed E-state index contributed by atoms with van der Waals surface area (Å²) in [5.41, 5.74) is 0. The Balaban J connectivity index is 2.59. The first-order chi connectivity index (χ1) is 5.90. The van der Waals surface area contributed by atoms with Gasteiger partial charge in [-0.2, -0.15) is 0 Å². The lowest BCUT2D eigenvalue weighted by Crippen LogP contribution is -3.15. The molecule has 0 saturated carbocycles. The SMILES string of the molecule is O=C([O-])[C@H]1CCC[NH+]1CP(=O)([O-])[O-]. The summed E-state index contributed by atoms with van der Waals surface area (Å²) in [6.07, 6.45) is 0.372. The Labute approximate surface area is 75.3 Å². The van der Waals surface area contributed by atoms with Crippen LogP contribution in [0.15, 0.2) is 0 Å². The van der Waals surface area contributed by atoms with Crippen LogP contribution in [0.3, 0.4) is 0 Å². The van der Waals surface area contributed by atoms with E-state index in [4.69, 9.17) is 0 Å². The molecule has 1 unspecified atom stereocenters. The Morgan fingerprint density at radius 3 is 2.62 bits per heavy atom. The Morgan fingerprint density at radius 2 is 2.15 bits per heavy atom. The van der Waals surface area contributed by atoms with E-state index in [0.29, 0.717) is 24.3 Å². The van der Waals surface area contributed by atoms with Crippen LogP contribution in [0.4, 0.5) is 0 Å². The normalized spacial score (nSPS) is 29.1. The summed E-state index contributed by atoms with van der Waals surface area (Å²) in [6.45, 7) is 0.410. The van der Waals surface area contributed by atoms with E-state index in [1.54, 1.807) is 0 Å². The molecule has 0 aromatic carbocycles. The summed E-state index contributed by atoms with van der Waals surface area (Å²) in [4.78, 5) is 31.6. The van der Waals surface area contributed by atoms with Crippen LogP contribution in [0.5, 0.6) is 0 Å². The first kappa shape index (κ1) is 10.7. The third-order valence-corrected chi connectivity index (χ3v) is 2.96. The smallest absolute Gasteiger partial charge is 0.128 e. The van der Waals surface area contributed by atoms with E-state index in [9.17, 15) is 24.3 Å². The third kappa shape index (κ3) is 3.08. The van der Waals surface area contributed by atoms with Crippen LogP contribution in [0, 0.1) is 0 Å². The number of carboxylic acids is 1. The number of carbonyl (C=O) groups is 1. The van der Waals surface area contributed by atoms with Crippen molar-refractivity contribution in [1.82, 2.24) is 0 Å². The monoisotopic (exact) mass is 207 g/mol. The van der Waals surface area contributed by atoms with Gasteiger partial charge in [-0.25, -0.2) is 0 Å². The Hall–Kier alpha value is -0.420. The first-order valence-electron chi connectivity index (χ1n) is 3.96. The molecule has 1 fully saturated rings. The van der Waals surface area contributed by atoms with Crippen molar-refractivity contribution >= 4 is 13.6 Å². The van der Waals surface area contributed by atoms with E-state index in [1.807, 2.05) is 0 Å². The summed E-state index contributed by atoms with van der Waals surface area (Å²) in [7, 11) is -4.62. The van der Waals surface area contributed by atoms with Crippen molar-refractivity contribution < 1.29 is 29.2 Å². The van der Waals surface area contributed by atoms with E-state index >= 15 is 0 Å². The third-order valence-electron chi connectivity index (χ3n) is 2.16. The van der Waals surface area contributed by atoms with Gasteiger partial charge in [0.25, 0.3) is 0 Å². The summed E-state index contributed by atoms with van der Waals surface area (Å²) >= 11 is 0. The molecule has 2 atom stereocenters. The minimum atomic E-state index is -4.62. The van der Waals surface area contributed by atoms with Crippen LogP contribution in [-0.4, -0.2) is 24.8 Å². The van der Waals surface area contributed by atoms with Crippen molar-refractivity contribution in [2.24, 2.45) is 0 Å². The number of nitrogens with one attached hydrogen (secondary N) is 1. The second-order valence-electron chi connectivity index (χ2n) is 3.19.